The van der Waals surface area contributed by atoms with Crippen molar-refractivity contribution in [1.82, 2.24) is 5.32 Å². The molecule has 0 aliphatic rings. The van der Waals surface area contributed by atoms with Crippen LogP contribution in [0.1, 0.15) is 457 Å². The second kappa shape index (κ2) is 73.3. The highest BCUT2D eigenvalue weighted by Crippen LogP contribution is 2.20. The Hall–Kier alpha value is -1.14. The highest BCUT2D eigenvalue weighted by atomic mass is 16.5. The van der Waals surface area contributed by atoms with E-state index < -0.39 is 12.1 Å². The van der Waals surface area contributed by atoms with Crippen LogP contribution in [0, 0.1) is 0 Å². The highest BCUT2D eigenvalue weighted by molar-refractivity contribution is 5.76. The van der Waals surface area contributed by atoms with Crippen LogP contribution in [0.3, 0.4) is 0 Å². The monoisotopic (exact) mass is 1170 g/mol. The number of amides is 1. The fourth-order valence-corrected chi connectivity index (χ4v) is 12.8. The van der Waals surface area contributed by atoms with Gasteiger partial charge in [-0.25, -0.2) is 0 Å². The Balaban J connectivity index is 3.28. The molecule has 0 saturated carbocycles. The second-order valence-corrected chi connectivity index (χ2v) is 27.1. The first-order chi connectivity index (χ1) is 41.0. The van der Waals surface area contributed by atoms with Gasteiger partial charge in [0.25, 0.3) is 0 Å². The summed E-state index contributed by atoms with van der Waals surface area (Å²) < 4.78 is 5.50. The third-order valence-electron chi connectivity index (χ3n) is 18.7. The number of hydrogen-bond donors (Lipinski definition) is 3. The molecule has 0 aliphatic carbocycles. The number of unbranched alkanes of at least 4 members (excludes halogenated alkanes) is 63. The number of hydrogen-bond acceptors (Lipinski definition) is 5. The van der Waals surface area contributed by atoms with Gasteiger partial charge in [0, 0.05) is 12.8 Å². The van der Waals surface area contributed by atoms with Crippen molar-refractivity contribution in [3.05, 3.63) is 0 Å². The fraction of sp³-hybridized carbons (Fsp3) is 0.974. The Labute approximate surface area is 521 Å². The minimum atomic E-state index is -0.659. The van der Waals surface area contributed by atoms with Gasteiger partial charge in [0.05, 0.1) is 25.4 Å². The second-order valence-electron chi connectivity index (χ2n) is 27.1. The van der Waals surface area contributed by atoms with Crippen LogP contribution in [-0.4, -0.2) is 47.4 Å². The van der Waals surface area contributed by atoms with Crippen LogP contribution < -0.4 is 5.32 Å². The van der Waals surface area contributed by atoms with E-state index in [4.69, 9.17) is 4.74 Å². The maximum absolute atomic E-state index is 12.5. The van der Waals surface area contributed by atoms with Gasteiger partial charge in [-0.15, -0.1) is 0 Å². The molecule has 0 radical (unpaired) electrons. The average molecular weight is 1170 g/mol. The number of ether oxygens (including phenoxy) is 1. The summed E-state index contributed by atoms with van der Waals surface area (Å²) in [6.45, 7) is 5.01. The first kappa shape index (κ1) is 81.9. The molecule has 0 bridgehead atoms. The van der Waals surface area contributed by atoms with Crippen molar-refractivity contribution in [1.29, 1.82) is 0 Å². The smallest absolute Gasteiger partial charge is 0.305 e. The lowest BCUT2D eigenvalue weighted by molar-refractivity contribution is -0.143. The number of nitrogens with one attached hydrogen (secondary N) is 1. The van der Waals surface area contributed by atoms with Crippen LogP contribution in [0.25, 0.3) is 0 Å². The molecule has 6 nitrogen and oxygen atoms in total. The molecule has 0 aromatic rings. The third kappa shape index (κ3) is 69.8. The van der Waals surface area contributed by atoms with Gasteiger partial charge in [0.15, 0.2) is 0 Å². The van der Waals surface area contributed by atoms with Crippen molar-refractivity contribution >= 4 is 11.9 Å². The van der Waals surface area contributed by atoms with E-state index in [1.165, 1.54) is 385 Å². The standard InChI is InChI=1S/C77H153NO5/c1-3-5-7-9-11-13-15-17-18-42-46-49-53-57-61-65-69-75(80)74(73-79)78-76(81)70-66-62-58-54-50-47-43-40-38-36-34-32-30-28-26-24-22-20-19-21-23-25-27-29-31-33-35-37-39-41-44-48-52-56-60-64-68-72-83-77(82)71-67-63-59-55-51-45-16-14-12-10-8-6-4-2/h74-75,79-80H,3-73H2,1-2H3,(H,78,81). The molecule has 2 atom stereocenters. The molecule has 83 heavy (non-hydrogen) atoms. The van der Waals surface area contributed by atoms with Crippen LogP contribution >= 0.6 is 0 Å². The molecule has 3 N–H and O–H groups in total. The van der Waals surface area contributed by atoms with Gasteiger partial charge in [-0.05, 0) is 25.7 Å². The van der Waals surface area contributed by atoms with Crippen molar-refractivity contribution in [2.75, 3.05) is 13.2 Å². The molecule has 0 spiro atoms. The van der Waals surface area contributed by atoms with Crippen LogP contribution in [-0.2, 0) is 14.3 Å². The first-order valence-electron chi connectivity index (χ1n) is 38.8. The average Bonchev–Trinajstić information content (AvgIpc) is 3.49. The maximum atomic E-state index is 12.5. The Morgan fingerprint density at radius 3 is 0.735 bits per heavy atom. The van der Waals surface area contributed by atoms with E-state index >= 15 is 0 Å². The van der Waals surface area contributed by atoms with Crippen molar-refractivity contribution in [2.45, 2.75) is 469 Å². The summed E-state index contributed by atoms with van der Waals surface area (Å²) in [6, 6.07) is -0.536. The Morgan fingerprint density at radius 2 is 0.494 bits per heavy atom. The third-order valence-corrected chi connectivity index (χ3v) is 18.7. The summed E-state index contributed by atoms with van der Waals surface area (Å²) >= 11 is 0. The van der Waals surface area contributed by atoms with Crippen molar-refractivity contribution < 1.29 is 24.5 Å². The SMILES string of the molecule is CCCCCCCCCCCCCCCCCCC(O)C(CO)NC(=O)CCCCCCCCCCCCCCCCCCCCCCCCCCCCCCCCCCCCCCCOC(=O)CCCCCCCCCCCCCCC. The topological polar surface area (TPSA) is 95.9 Å². The van der Waals surface area contributed by atoms with E-state index in [9.17, 15) is 19.8 Å². The molecule has 0 fully saturated rings. The lowest BCUT2D eigenvalue weighted by atomic mass is 10.0. The number of aliphatic hydroxyl groups excluding tert-OH is 2. The van der Waals surface area contributed by atoms with E-state index in [1.807, 2.05) is 0 Å². The number of carbonyl (C=O) groups excluding carboxylic acids is 2. The number of rotatable bonds is 74. The molecule has 0 aromatic carbocycles. The summed E-state index contributed by atoms with van der Waals surface area (Å²) in [4.78, 5) is 24.6. The highest BCUT2D eigenvalue weighted by Gasteiger charge is 2.20. The number of aliphatic hydroxyl groups is 2. The molecule has 0 heterocycles. The van der Waals surface area contributed by atoms with Gasteiger partial charge < -0.3 is 20.3 Å². The van der Waals surface area contributed by atoms with Gasteiger partial charge in [-0.3, -0.25) is 9.59 Å². The van der Waals surface area contributed by atoms with Gasteiger partial charge in [0.1, 0.15) is 0 Å². The number of carbonyl (C=O) groups is 2. The van der Waals surface area contributed by atoms with Crippen LogP contribution in [0.15, 0.2) is 0 Å². The Kier molecular flexibility index (Phi) is 72.3. The molecule has 496 valence electrons. The van der Waals surface area contributed by atoms with Crippen LogP contribution in [0.4, 0.5) is 0 Å². The van der Waals surface area contributed by atoms with Gasteiger partial charge in [0.2, 0.25) is 5.91 Å². The summed E-state index contributed by atoms with van der Waals surface area (Å²) in [5, 5.41) is 23.4. The predicted molar refractivity (Wildman–Crippen MR) is 366 cm³/mol. The van der Waals surface area contributed by atoms with E-state index in [2.05, 4.69) is 19.2 Å². The Bertz CT molecular complexity index is 1210. The first-order valence-corrected chi connectivity index (χ1v) is 38.8. The van der Waals surface area contributed by atoms with Crippen molar-refractivity contribution in [2.24, 2.45) is 0 Å². The normalized spacial score (nSPS) is 12.4. The molecule has 2 unspecified atom stereocenters. The zero-order valence-corrected chi connectivity index (χ0v) is 57.0. The lowest BCUT2D eigenvalue weighted by Gasteiger charge is -2.22. The van der Waals surface area contributed by atoms with Gasteiger partial charge in [-0.2, -0.15) is 0 Å². The zero-order chi connectivity index (χ0) is 59.9. The molecule has 0 aromatic heterocycles. The zero-order valence-electron chi connectivity index (χ0n) is 57.0. The molecule has 1 amide bonds. The summed E-state index contributed by atoms with van der Waals surface area (Å²) in [5.74, 6) is 0.00148. The van der Waals surface area contributed by atoms with Crippen molar-refractivity contribution in [3.63, 3.8) is 0 Å². The quantitative estimate of drug-likeness (QED) is 0.0417. The predicted octanol–water partition coefficient (Wildman–Crippen LogP) is 25.3. The maximum Gasteiger partial charge on any atom is 0.305 e. The van der Waals surface area contributed by atoms with Crippen molar-refractivity contribution in [3.8, 4) is 0 Å². The largest absolute Gasteiger partial charge is 0.466 e. The molecular formula is C77H153NO5. The molecular weight excluding hydrogens is 1020 g/mol. The summed E-state index contributed by atoms with van der Waals surface area (Å²) in [6.07, 6.45) is 90.6. The van der Waals surface area contributed by atoms with Gasteiger partial charge in [-0.1, -0.05) is 418 Å². The van der Waals surface area contributed by atoms with Crippen LogP contribution in [0.5, 0.6) is 0 Å². The molecule has 0 saturated heterocycles. The van der Waals surface area contributed by atoms with Gasteiger partial charge >= 0.3 is 5.97 Å². The molecule has 0 aliphatic heterocycles. The van der Waals surface area contributed by atoms with Crippen LogP contribution in [0.2, 0.25) is 0 Å². The van der Waals surface area contributed by atoms with E-state index in [1.54, 1.807) is 0 Å². The summed E-state index contributed by atoms with van der Waals surface area (Å²) in [5.41, 5.74) is 0. The van der Waals surface area contributed by atoms with E-state index in [0.29, 0.717) is 25.9 Å². The number of esters is 1. The minimum absolute atomic E-state index is 0.0247. The Morgan fingerprint density at radius 1 is 0.289 bits per heavy atom. The minimum Gasteiger partial charge on any atom is -0.466 e. The summed E-state index contributed by atoms with van der Waals surface area (Å²) in [7, 11) is 0. The van der Waals surface area contributed by atoms with E-state index in [0.717, 1.165) is 38.5 Å². The fourth-order valence-electron chi connectivity index (χ4n) is 12.8. The molecule has 0 rings (SSSR count). The van der Waals surface area contributed by atoms with E-state index in [-0.39, 0.29) is 18.5 Å². The molecule has 6 heteroatoms. The lowest BCUT2D eigenvalue weighted by Crippen LogP contribution is -2.45.